The van der Waals surface area contributed by atoms with Gasteiger partial charge in [0.1, 0.15) is 11.2 Å². The Morgan fingerprint density at radius 1 is 1.18 bits per heavy atom. The molecule has 1 aliphatic rings. The van der Waals surface area contributed by atoms with Crippen molar-refractivity contribution in [2.75, 3.05) is 17.6 Å². The van der Waals surface area contributed by atoms with E-state index in [9.17, 15) is 9.18 Å². The largest absolute Gasteiger partial charge is 0.323 e. The summed E-state index contributed by atoms with van der Waals surface area (Å²) in [6.07, 6.45) is 0. The second kappa shape index (κ2) is 6.40. The molecule has 1 heterocycles. The van der Waals surface area contributed by atoms with E-state index in [0.29, 0.717) is 6.54 Å². The molecule has 0 radical (unpaired) electrons. The van der Waals surface area contributed by atoms with E-state index >= 15 is 0 Å². The van der Waals surface area contributed by atoms with Gasteiger partial charge in [-0.15, -0.1) is 11.8 Å². The number of urea groups is 1. The molecule has 0 bridgehead atoms. The zero-order valence-corrected chi connectivity index (χ0v) is 13.1. The van der Waals surface area contributed by atoms with Crippen molar-refractivity contribution < 1.29 is 9.18 Å². The van der Waals surface area contributed by atoms with Gasteiger partial charge in [0.2, 0.25) is 0 Å². The van der Waals surface area contributed by atoms with Gasteiger partial charge in [-0.2, -0.15) is 0 Å². The fraction of sp³-hybridized carbons (Fsp3) is 0.235. The number of thioether (sulfide) groups is 1. The molecule has 0 unspecified atom stereocenters. The Morgan fingerprint density at radius 2 is 1.86 bits per heavy atom. The van der Waals surface area contributed by atoms with Crippen LogP contribution >= 0.6 is 11.8 Å². The molecule has 1 atom stereocenters. The lowest BCUT2D eigenvalue weighted by atomic mass is 10.2. The van der Waals surface area contributed by atoms with Crippen LogP contribution in [0.15, 0.2) is 48.5 Å². The van der Waals surface area contributed by atoms with Gasteiger partial charge in [-0.3, -0.25) is 0 Å². The lowest BCUT2D eigenvalue weighted by Crippen LogP contribution is -2.34. The van der Waals surface area contributed by atoms with E-state index in [1.54, 1.807) is 28.8 Å². The summed E-state index contributed by atoms with van der Waals surface area (Å²) in [4.78, 5) is 14.3. The third-order valence-corrected chi connectivity index (χ3v) is 4.87. The summed E-state index contributed by atoms with van der Waals surface area (Å²) in [6, 6.07) is 13.9. The maximum atomic E-state index is 13.0. The third kappa shape index (κ3) is 3.25. The van der Waals surface area contributed by atoms with E-state index in [-0.39, 0.29) is 17.2 Å². The maximum absolute atomic E-state index is 13.0. The number of carbonyl (C=O) groups excluding carboxylic acids is 1. The van der Waals surface area contributed by atoms with Crippen molar-refractivity contribution in [1.29, 1.82) is 0 Å². The second-order valence-corrected chi connectivity index (χ2v) is 6.45. The molecule has 1 N–H and O–H groups in total. The summed E-state index contributed by atoms with van der Waals surface area (Å²) < 4.78 is 13.0. The first-order chi connectivity index (χ1) is 10.6. The summed E-state index contributed by atoms with van der Waals surface area (Å²) in [5, 5.41) is 2.86. The van der Waals surface area contributed by atoms with Crippen LogP contribution in [0.4, 0.5) is 14.9 Å². The predicted molar refractivity (Wildman–Crippen MR) is 88.5 cm³/mol. The van der Waals surface area contributed by atoms with Crippen LogP contribution in [-0.4, -0.2) is 23.2 Å². The Bertz CT molecular complexity index is 657. The number of anilines is 1. The molecule has 3 rings (SSSR count). The van der Waals surface area contributed by atoms with Gasteiger partial charge in [0.15, 0.2) is 0 Å². The molecule has 0 aromatic heterocycles. The molecule has 0 spiro atoms. The second-order valence-electron chi connectivity index (χ2n) is 5.26. The van der Waals surface area contributed by atoms with E-state index in [0.717, 1.165) is 22.6 Å². The van der Waals surface area contributed by atoms with Gasteiger partial charge in [-0.25, -0.2) is 9.18 Å². The molecule has 3 nitrogen and oxygen atoms in total. The van der Waals surface area contributed by atoms with E-state index in [1.165, 1.54) is 12.1 Å². The van der Waals surface area contributed by atoms with Crippen LogP contribution in [0, 0.1) is 12.7 Å². The molecule has 2 amide bonds. The molecule has 5 heteroatoms. The van der Waals surface area contributed by atoms with E-state index in [4.69, 9.17) is 0 Å². The van der Waals surface area contributed by atoms with E-state index in [2.05, 4.69) is 5.32 Å². The van der Waals surface area contributed by atoms with Crippen molar-refractivity contribution in [3.63, 3.8) is 0 Å². The highest BCUT2D eigenvalue weighted by Gasteiger charge is 2.30. The van der Waals surface area contributed by atoms with Crippen molar-refractivity contribution in [2.24, 2.45) is 0 Å². The first-order valence-corrected chi connectivity index (χ1v) is 8.20. The minimum absolute atomic E-state index is 0.0638. The van der Waals surface area contributed by atoms with Crippen LogP contribution in [0.5, 0.6) is 0 Å². The van der Waals surface area contributed by atoms with Gasteiger partial charge >= 0.3 is 6.03 Å². The summed E-state index contributed by atoms with van der Waals surface area (Å²) in [5.41, 5.74) is 2.88. The molecule has 0 saturated carbocycles. The van der Waals surface area contributed by atoms with Gasteiger partial charge in [-0.1, -0.05) is 29.8 Å². The number of hydrogen-bond donors (Lipinski definition) is 1. The first kappa shape index (κ1) is 14.9. The average Bonchev–Trinajstić information content (AvgIpc) is 3.00. The maximum Gasteiger partial charge on any atom is 0.323 e. The highest BCUT2D eigenvalue weighted by atomic mass is 32.2. The standard InChI is InChI=1S/C17H17FN2OS/c1-12-2-8-15(9-3-12)19-17(21)20-10-11-22-16(20)13-4-6-14(18)7-5-13/h2-9,16H,10-11H2,1H3,(H,19,21)/t16-/m0/s1. The minimum Gasteiger partial charge on any atom is -0.308 e. The fourth-order valence-electron chi connectivity index (χ4n) is 2.41. The van der Waals surface area contributed by atoms with Crippen molar-refractivity contribution >= 4 is 23.5 Å². The number of hydrogen-bond acceptors (Lipinski definition) is 2. The van der Waals surface area contributed by atoms with Crippen molar-refractivity contribution in [3.8, 4) is 0 Å². The molecule has 1 saturated heterocycles. The number of benzene rings is 2. The molecule has 22 heavy (non-hydrogen) atoms. The number of halogens is 1. The average molecular weight is 316 g/mol. The first-order valence-electron chi connectivity index (χ1n) is 7.15. The summed E-state index contributed by atoms with van der Waals surface area (Å²) in [5.74, 6) is 0.617. The van der Waals surface area contributed by atoms with Gasteiger partial charge in [-0.05, 0) is 36.8 Å². The van der Waals surface area contributed by atoms with Crippen LogP contribution in [0.1, 0.15) is 16.5 Å². The molecule has 2 aromatic rings. The predicted octanol–water partition coefficient (Wildman–Crippen LogP) is 4.41. The van der Waals surface area contributed by atoms with Crippen molar-refractivity contribution in [1.82, 2.24) is 4.90 Å². The lowest BCUT2D eigenvalue weighted by molar-refractivity contribution is 0.214. The molecule has 0 aliphatic carbocycles. The SMILES string of the molecule is Cc1ccc(NC(=O)N2CCS[C@H]2c2ccc(F)cc2)cc1. The monoisotopic (exact) mass is 316 g/mol. The van der Waals surface area contributed by atoms with Crippen molar-refractivity contribution in [2.45, 2.75) is 12.3 Å². The van der Waals surface area contributed by atoms with E-state index in [1.807, 2.05) is 31.2 Å². The summed E-state index contributed by atoms with van der Waals surface area (Å²) in [6.45, 7) is 2.69. The molecule has 2 aromatic carbocycles. The van der Waals surface area contributed by atoms with Crippen LogP contribution in [0.3, 0.4) is 0 Å². The highest BCUT2D eigenvalue weighted by Crippen LogP contribution is 2.38. The van der Waals surface area contributed by atoms with Gasteiger partial charge in [0, 0.05) is 18.0 Å². The number of amides is 2. The highest BCUT2D eigenvalue weighted by molar-refractivity contribution is 7.99. The van der Waals surface area contributed by atoms with Gasteiger partial charge in [0.25, 0.3) is 0 Å². The van der Waals surface area contributed by atoms with Crippen LogP contribution in [0.25, 0.3) is 0 Å². The number of nitrogens with one attached hydrogen (secondary N) is 1. The smallest absolute Gasteiger partial charge is 0.308 e. The summed E-state index contributed by atoms with van der Waals surface area (Å²) >= 11 is 1.69. The molecule has 1 fully saturated rings. The molecule has 114 valence electrons. The Hall–Kier alpha value is -2.01. The number of aryl methyl sites for hydroxylation is 1. The Balaban J connectivity index is 1.73. The number of nitrogens with zero attached hydrogens (tertiary/aromatic N) is 1. The zero-order chi connectivity index (χ0) is 15.5. The van der Waals surface area contributed by atoms with Gasteiger partial charge in [0.05, 0.1) is 0 Å². The lowest BCUT2D eigenvalue weighted by Gasteiger charge is -2.24. The molecule has 1 aliphatic heterocycles. The zero-order valence-electron chi connectivity index (χ0n) is 12.3. The quantitative estimate of drug-likeness (QED) is 0.890. The van der Waals surface area contributed by atoms with Crippen LogP contribution in [-0.2, 0) is 0 Å². The number of carbonyl (C=O) groups is 1. The molecular formula is C17H17FN2OS. The normalized spacial score (nSPS) is 17.5. The van der Waals surface area contributed by atoms with E-state index < -0.39 is 0 Å². The van der Waals surface area contributed by atoms with Crippen LogP contribution < -0.4 is 5.32 Å². The van der Waals surface area contributed by atoms with Crippen molar-refractivity contribution in [3.05, 3.63) is 65.5 Å². The summed E-state index contributed by atoms with van der Waals surface area (Å²) in [7, 11) is 0. The topological polar surface area (TPSA) is 32.3 Å². The Kier molecular flexibility index (Phi) is 4.34. The third-order valence-electron chi connectivity index (χ3n) is 3.61. The minimum atomic E-state index is -0.262. The number of rotatable bonds is 2. The Labute approximate surface area is 133 Å². The molecular weight excluding hydrogens is 299 g/mol. The van der Waals surface area contributed by atoms with Gasteiger partial charge < -0.3 is 10.2 Å². The fourth-order valence-corrected chi connectivity index (χ4v) is 3.67. The van der Waals surface area contributed by atoms with Crippen LogP contribution in [0.2, 0.25) is 0 Å². The Morgan fingerprint density at radius 3 is 2.55 bits per heavy atom.